The Morgan fingerprint density at radius 3 is 2.72 bits per heavy atom. The minimum atomic E-state index is -3.88. The van der Waals surface area contributed by atoms with Gasteiger partial charge in [0.05, 0.1) is 17.7 Å². The van der Waals surface area contributed by atoms with Crippen molar-refractivity contribution in [2.45, 2.75) is 24.3 Å². The Kier molecular flexibility index (Phi) is 5.14. The average Bonchev–Trinajstić information content (AvgIpc) is 3.15. The van der Waals surface area contributed by atoms with E-state index in [2.05, 4.69) is 5.10 Å². The fourth-order valence-electron chi connectivity index (χ4n) is 3.73. The second-order valence-corrected chi connectivity index (χ2v) is 8.96. The maximum absolute atomic E-state index is 14.3. The molecule has 0 saturated carbocycles. The van der Waals surface area contributed by atoms with Gasteiger partial charge < -0.3 is 4.74 Å². The number of hydrogen-bond acceptors (Lipinski definition) is 4. The van der Waals surface area contributed by atoms with E-state index in [0.717, 1.165) is 22.8 Å². The number of benzene rings is 2. The van der Waals surface area contributed by atoms with E-state index in [1.165, 1.54) is 16.4 Å². The molecule has 1 aliphatic rings. The number of fused-ring (bicyclic) bond motifs is 1. The van der Waals surface area contributed by atoms with Gasteiger partial charge in [-0.15, -0.1) is 0 Å². The molecular formula is C21H22FN3O3S. The van der Waals surface area contributed by atoms with Gasteiger partial charge in [-0.1, -0.05) is 24.3 Å². The van der Waals surface area contributed by atoms with E-state index in [9.17, 15) is 12.8 Å². The Hall–Kier alpha value is -2.71. The summed E-state index contributed by atoms with van der Waals surface area (Å²) in [5.41, 5.74) is 2.96. The zero-order valence-electron chi connectivity index (χ0n) is 16.2. The summed E-state index contributed by atoms with van der Waals surface area (Å²) in [6.07, 6.45) is 3.65. The van der Waals surface area contributed by atoms with Crippen molar-refractivity contribution in [3.63, 3.8) is 0 Å². The molecule has 1 aliphatic heterocycles. The minimum absolute atomic E-state index is 0.0451. The first-order chi connectivity index (χ1) is 13.9. The predicted octanol–water partition coefficient (Wildman–Crippen LogP) is 3.29. The molecular weight excluding hydrogens is 393 g/mol. The Balaban J connectivity index is 1.72. The van der Waals surface area contributed by atoms with Crippen LogP contribution in [0, 0.1) is 5.82 Å². The van der Waals surface area contributed by atoms with Crippen LogP contribution in [0.3, 0.4) is 0 Å². The fourth-order valence-corrected chi connectivity index (χ4v) is 5.17. The molecule has 2 aromatic carbocycles. The van der Waals surface area contributed by atoms with Gasteiger partial charge in [-0.2, -0.15) is 9.40 Å². The fraction of sp³-hybridized carbons (Fsp3) is 0.286. The molecule has 0 radical (unpaired) electrons. The second-order valence-electron chi connectivity index (χ2n) is 7.02. The van der Waals surface area contributed by atoms with E-state index in [0.29, 0.717) is 6.61 Å². The SMILES string of the molecule is CCOc1ccc(S(=O)(=O)N2Cc3ccccc3C(c3cnn(C)c3)C2)cc1F. The van der Waals surface area contributed by atoms with Crippen LogP contribution in [0.5, 0.6) is 5.75 Å². The molecule has 29 heavy (non-hydrogen) atoms. The van der Waals surface area contributed by atoms with E-state index in [1.807, 2.05) is 37.5 Å². The number of sulfonamides is 1. The van der Waals surface area contributed by atoms with E-state index in [1.54, 1.807) is 17.8 Å². The number of nitrogens with zero attached hydrogens (tertiary/aromatic N) is 3. The highest BCUT2D eigenvalue weighted by atomic mass is 32.2. The molecule has 8 heteroatoms. The van der Waals surface area contributed by atoms with Crippen molar-refractivity contribution in [1.29, 1.82) is 0 Å². The lowest BCUT2D eigenvalue weighted by Crippen LogP contribution is -2.38. The summed E-state index contributed by atoms with van der Waals surface area (Å²) < 4.78 is 49.2. The first-order valence-corrected chi connectivity index (χ1v) is 10.8. The van der Waals surface area contributed by atoms with E-state index in [4.69, 9.17) is 4.74 Å². The number of aromatic nitrogens is 2. The molecule has 1 atom stereocenters. The largest absolute Gasteiger partial charge is 0.491 e. The van der Waals surface area contributed by atoms with E-state index >= 15 is 0 Å². The number of halogens is 1. The zero-order valence-corrected chi connectivity index (χ0v) is 17.1. The van der Waals surface area contributed by atoms with Crippen molar-refractivity contribution in [3.8, 4) is 5.75 Å². The van der Waals surface area contributed by atoms with Gasteiger partial charge in [0.1, 0.15) is 0 Å². The molecule has 0 bridgehead atoms. The Bertz CT molecular complexity index is 1140. The van der Waals surface area contributed by atoms with Crippen molar-refractivity contribution in [1.82, 2.24) is 14.1 Å². The molecule has 0 amide bonds. The van der Waals surface area contributed by atoms with Gasteiger partial charge in [0, 0.05) is 32.3 Å². The van der Waals surface area contributed by atoms with Crippen molar-refractivity contribution in [3.05, 3.63) is 77.4 Å². The molecule has 3 aromatic rings. The molecule has 0 N–H and O–H groups in total. The van der Waals surface area contributed by atoms with Crippen LogP contribution in [0.4, 0.5) is 4.39 Å². The van der Waals surface area contributed by atoms with Crippen LogP contribution >= 0.6 is 0 Å². The van der Waals surface area contributed by atoms with Gasteiger partial charge >= 0.3 is 0 Å². The monoisotopic (exact) mass is 415 g/mol. The first-order valence-electron chi connectivity index (χ1n) is 9.39. The summed E-state index contributed by atoms with van der Waals surface area (Å²) in [4.78, 5) is -0.0808. The van der Waals surface area contributed by atoms with Crippen LogP contribution in [0.25, 0.3) is 0 Å². The predicted molar refractivity (Wildman–Crippen MR) is 107 cm³/mol. The van der Waals surface area contributed by atoms with E-state index < -0.39 is 15.8 Å². The van der Waals surface area contributed by atoms with Crippen LogP contribution in [-0.4, -0.2) is 35.7 Å². The molecule has 0 spiro atoms. The lowest BCUT2D eigenvalue weighted by Gasteiger charge is -2.33. The van der Waals surface area contributed by atoms with Gasteiger partial charge in [0.15, 0.2) is 11.6 Å². The topological polar surface area (TPSA) is 64.4 Å². The van der Waals surface area contributed by atoms with Gasteiger partial charge in [0.2, 0.25) is 10.0 Å². The summed E-state index contributed by atoms with van der Waals surface area (Å²) >= 11 is 0. The molecule has 0 fully saturated rings. The summed E-state index contributed by atoms with van der Waals surface area (Å²) in [7, 11) is -2.05. The Morgan fingerprint density at radius 2 is 2.03 bits per heavy atom. The van der Waals surface area contributed by atoms with Crippen LogP contribution in [-0.2, 0) is 23.6 Å². The number of ether oxygens (including phenoxy) is 1. The summed E-state index contributed by atoms with van der Waals surface area (Å²) in [6, 6.07) is 11.6. The van der Waals surface area contributed by atoms with Crippen molar-refractivity contribution < 1.29 is 17.5 Å². The summed E-state index contributed by atoms with van der Waals surface area (Å²) in [6.45, 7) is 2.55. The van der Waals surface area contributed by atoms with Gasteiger partial charge in [-0.25, -0.2) is 12.8 Å². The van der Waals surface area contributed by atoms with Gasteiger partial charge in [-0.05, 0) is 41.8 Å². The highest BCUT2D eigenvalue weighted by Gasteiger charge is 2.34. The Morgan fingerprint density at radius 1 is 1.24 bits per heavy atom. The molecule has 6 nitrogen and oxygen atoms in total. The van der Waals surface area contributed by atoms with Crippen LogP contribution in [0.1, 0.15) is 29.5 Å². The minimum Gasteiger partial charge on any atom is -0.491 e. The van der Waals surface area contributed by atoms with Crippen LogP contribution in [0.2, 0.25) is 0 Å². The molecule has 0 aliphatic carbocycles. The smallest absolute Gasteiger partial charge is 0.243 e. The standard InChI is InChI=1S/C21H22FN3O3S/c1-3-28-21-9-8-17(10-20(21)22)29(26,27)25-13-15-6-4-5-7-18(15)19(14-25)16-11-23-24(2)12-16/h4-12,19H,3,13-14H2,1-2H3. The normalized spacial score (nSPS) is 17.1. The first kappa shape index (κ1) is 19.6. The highest BCUT2D eigenvalue weighted by Crippen LogP contribution is 2.36. The maximum Gasteiger partial charge on any atom is 0.243 e. The van der Waals surface area contributed by atoms with Gasteiger partial charge in [0.25, 0.3) is 0 Å². The van der Waals surface area contributed by atoms with E-state index in [-0.39, 0.29) is 29.7 Å². The third-order valence-corrected chi connectivity index (χ3v) is 6.94. The average molecular weight is 415 g/mol. The van der Waals surface area contributed by atoms with Crippen LogP contribution in [0.15, 0.2) is 59.8 Å². The quantitative estimate of drug-likeness (QED) is 0.642. The zero-order chi connectivity index (χ0) is 20.6. The molecule has 1 unspecified atom stereocenters. The maximum atomic E-state index is 14.3. The number of aryl methyl sites for hydroxylation is 1. The third-order valence-electron chi connectivity index (χ3n) is 5.13. The lowest BCUT2D eigenvalue weighted by atomic mass is 9.87. The van der Waals surface area contributed by atoms with Crippen molar-refractivity contribution in [2.24, 2.45) is 7.05 Å². The number of rotatable bonds is 5. The van der Waals surface area contributed by atoms with Gasteiger partial charge in [-0.3, -0.25) is 4.68 Å². The molecule has 152 valence electrons. The second kappa shape index (κ2) is 7.61. The Labute approximate surface area is 169 Å². The molecule has 1 aromatic heterocycles. The third kappa shape index (κ3) is 3.65. The highest BCUT2D eigenvalue weighted by molar-refractivity contribution is 7.89. The molecule has 0 saturated heterocycles. The molecule has 4 rings (SSSR count). The van der Waals surface area contributed by atoms with Crippen LogP contribution < -0.4 is 4.74 Å². The lowest BCUT2D eigenvalue weighted by molar-refractivity contribution is 0.320. The molecule has 2 heterocycles. The summed E-state index contributed by atoms with van der Waals surface area (Å²) in [5.74, 6) is -0.784. The number of hydrogen-bond donors (Lipinski definition) is 0. The summed E-state index contributed by atoms with van der Waals surface area (Å²) in [5, 5.41) is 4.23. The van der Waals surface area contributed by atoms with Crippen molar-refractivity contribution >= 4 is 10.0 Å². The van der Waals surface area contributed by atoms with Crippen molar-refractivity contribution in [2.75, 3.05) is 13.2 Å².